The third kappa shape index (κ3) is 4.61. The van der Waals surface area contributed by atoms with Crippen LogP contribution < -0.4 is 10.6 Å². The predicted octanol–water partition coefficient (Wildman–Crippen LogP) is 3.76. The van der Waals surface area contributed by atoms with Crippen LogP contribution in [0.2, 0.25) is 0 Å². The van der Waals surface area contributed by atoms with Crippen LogP contribution in [0.1, 0.15) is 26.5 Å². The number of benzene rings is 2. The fraction of sp³-hybridized carbons (Fsp3) is 0.100. The molecule has 8 heteroatoms. The molecule has 8 nitrogen and oxygen atoms in total. The van der Waals surface area contributed by atoms with E-state index in [2.05, 4.69) is 25.3 Å². The summed E-state index contributed by atoms with van der Waals surface area (Å²) in [7, 11) is 1.33. The number of aryl methyl sites for hydroxylation is 1. The average Bonchev–Trinajstić information content (AvgIpc) is 2.67. The molecule has 3 N–H and O–H groups in total. The number of methoxy groups -OCH3 is 1. The molecule has 0 atom stereocenters. The van der Waals surface area contributed by atoms with Gasteiger partial charge in [-0.15, -0.1) is 0 Å². The zero-order valence-electron chi connectivity index (χ0n) is 15.3. The molecule has 0 fully saturated rings. The maximum Gasteiger partial charge on any atom is 0.337 e. The van der Waals surface area contributed by atoms with Gasteiger partial charge in [0.1, 0.15) is 17.5 Å². The maximum absolute atomic E-state index is 11.5. The standard InChI is InChI=1S/C20H18N4O4/c1-12-21-17(23-15-8-6-13(7-9-15)20(27)28-2)11-18(22-12)24-16-5-3-4-14(10-16)19(25)26/h3-11H,1-2H3,(H,25,26)(H2,21,22,23,24). The largest absolute Gasteiger partial charge is 0.478 e. The van der Waals surface area contributed by atoms with Crippen LogP contribution in [0, 0.1) is 6.92 Å². The number of carboxylic acids is 1. The van der Waals surface area contributed by atoms with E-state index in [1.54, 1.807) is 49.4 Å². The lowest BCUT2D eigenvalue weighted by atomic mass is 10.2. The van der Waals surface area contributed by atoms with Gasteiger partial charge in [-0.3, -0.25) is 0 Å². The highest BCUT2D eigenvalue weighted by Crippen LogP contribution is 2.21. The topological polar surface area (TPSA) is 113 Å². The van der Waals surface area contributed by atoms with Crippen molar-refractivity contribution in [2.75, 3.05) is 17.7 Å². The molecule has 0 saturated carbocycles. The van der Waals surface area contributed by atoms with Crippen molar-refractivity contribution < 1.29 is 19.4 Å². The number of hydrogen-bond acceptors (Lipinski definition) is 7. The average molecular weight is 378 g/mol. The second-order valence-corrected chi connectivity index (χ2v) is 5.89. The van der Waals surface area contributed by atoms with Crippen molar-refractivity contribution >= 4 is 34.9 Å². The summed E-state index contributed by atoms with van der Waals surface area (Å²) in [6.07, 6.45) is 0. The van der Waals surface area contributed by atoms with E-state index in [-0.39, 0.29) is 5.56 Å². The fourth-order valence-corrected chi connectivity index (χ4v) is 2.53. The van der Waals surface area contributed by atoms with E-state index >= 15 is 0 Å². The van der Waals surface area contributed by atoms with Gasteiger partial charge in [0.2, 0.25) is 0 Å². The Balaban J connectivity index is 1.79. The molecule has 0 amide bonds. The van der Waals surface area contributed by atoms with Gasteiger partial charge in [0.05, 0.1) is 18.2 Å². The summed E-state index contributed by atoms with van der Waals surface area (Å²) in [4.78, 5) is 31.3. The summed E-state index contributed by atoms with van der Waals surface area (Å²) in [6, 6.07) is 14.9. The van der Waals surface area contributed by atoms with E-state index in [0.717, 1.165) is 5.69 Å². The first-order chi connectivity index (χ1) is 13.4. The predicted molar refractivity (Wildman–Crippen MR) is 105 cm³/mol. The number of esters is 1. The highest BCUT2D eigenvalue weighted by Gasteiger charge is 2.08. The summed E-state index contributed by atoms with van der Waals surface area (Å²) >= 11 is 0. The van der Waals surface area contributed by atoms with Crippen LogP contribution in [0.5, 0.6) is 0 Å². The number of ether oxygens (including phenoxy) is 1. The Labute approximate surface area is 161 Å². The van der Waals surface area contributed by atoms with E-state index in [4.69, 9.17) is 5.11 Å². The molecule has 3 aromatic rings. The first kappa shape index (κ1) is 18.8. The molecule has 0 aliphatic rings. The molecule has 0 aliphatic carbocycles. The zero-order valence-corrected chi connectivity index (χ0v) is 15.3. The molecule has 0 bridgehead atoms. The molecule has 2 aromatic carbocycles. The number of carboxylic acid groups (broad SMARTS) is 1. The van der Waals surface area contributed by atoms with Gasteiger partial charge >= 0.3 is 11.9 Å². The van der Waals surface area contributed by atoms with Crippen molar-refractivity contribution in [1.82, 2.24) is 9.97 Å². The number of carbonyl (C=O) groups excluding carboxylic acids is 1. The number of nitrogens with zero attached hydrogens (tertiary/aromatic N) is 2. The molecule has 0 unspecified atom stereocenters. The molecule has 0 radical (unpaired) electrons. The lowest BCUT2D eigenvalue weighted by Crippen LogP contribution is -2.03. The van der Waals surface area contributed by atoms with Crippen LogP contribution in [0.25, 0.3) is 0 Å². The maximum atomic E-state index is 11.5. The van der Waals surface area contributed by atoms with Gasteiger partial charge in [0.25, 0.3) is 0 Å². The van der Waals surface area contributed by atoms with Crippen molar-refractivity contribution in [3.63, 3.8) is 0 Å². The van der Waals surface area contributed by atoms with Crippen LogP contribution in [-0.4, -0.2) is 34.1 Å². The molecule has 0 saturated heterocycles. The van der Waals surface area contributed by atoms with E-state index in [1.165, 1.54) is 19.2 Å². The Morgan fingerprint density at radius 1 is 0.893 bits per heavy atom. The molecular formula is C20H18N4O4. The Kier molecular flexibility index (Phi) is 5.50. The van der Waals surface area contributed by atoms with Crippen molar-refractivity contribution in [3.8, 4) is 0 Å². The molecule has 142 valence electrons. The highest BCUT2D eigenvalue weighted by atomic mass is 16.5. The molecule has 0 aliphatic heterocycles. The van der Waals surface area contributed by atoms with Gasteiger partial charge in [0.15, 0.2) is 0 Å². The quantitative estimate of drug-likeness (QED) is 0.556. The van der Waals surface area contributed by atoms with Crippen molar-refractivity contribution in [2.24, 2.45) is 0 Å². The van der Waals surface area contributed by atoms with Crippen LogP contribution in [-0.2, 0) is 4.74 Å². The minimum atomic E-state index is -1.000. The van der Waals surface area contributed by atoms with Gasteiger partial charge in [0, 0.05) is 17.4 Å². The number of rotatable bonds is 6. The van der Waals surface area contributed by atoms with Crippen LogP contribution in [0.15, 0.2) is 54.6 Å². The molecule has 1 aromatic heterocycles. The number of aromatic carboxylic acids is 1. The summed E-state index contributed by atoms with van der Waals surface area (Å²) in [5, 5.41) is 15.3. The molecule has 3 rings (SSSR count). The second-order valence-electron chi connectivity index (χ2n) is 5.89. The Morgan fingerprint density at radius 3 is 2.14 bits per heavy atom. The van der Waals surface area contributed by atoms with E-state index in [0.29, 0.717) is 28.7 Å². The number of carbonyl (C=O) groups is 2. The summed E-state index contributed by atoms with van der Waals surface area (Å²) in [6.45, 7) is 1.75. The van der Waals surface area contributed by atoms with E-state index < -0.39 is 11.9 Å². The smallest absolute Gasteiger partial charge is 0.337 e. The van der Waals surface area contributed by atoms with Crippen molar-refractivity contribution in [1.29, 1.82) is 0 Å². The van der Waals surface area contributed by atoms with Crippen molar-refractivity contribution in [3.05, 3.63) is 71.5 Å². The normalized spacial score (nSPS) is 10.2. The number of hydrogen-bond donors (Lipinski definition) is 3. The minimum absolute atomic E-state index is 0.180. The Bertz CT molecular complexity index is 1020. The summed E-state index contributed by atoms with van der Waals surface area (Å²) < 4.78 is 4.68. The number of anilines is 4. The molecule has 28 heavy (non-hydrogen) atoms. The minimum Gasteiger partial charge on any atom is -0.478 e. The zero-order chi connectivity index (χ0) is 20.1. The highest BCUT2D eigenvalue weighted by molar-refractivity contribution is 5.90. The molecular weight excluding hydrogens is 360 g/mol. The van der Waals surface area contributed by atoms with Crippen molar-refractivity contribution in [2.45, 2.75) is 6.92 Å². The number of nitrogens with one attached hydrogen (secondary N) is 2. The summed E-state index contributed by atoms with van der Waals surface area (Å²) in [5.74, 6) is 0.201. The van der Waals surface area contributed by atoms with Gasteiger partial charge in [-0.25, -0.2) is 19.6 Å². The lowest BCUT2D eigenvalue weighted by Gasteiger charge is -2.11. The monoisotopic (exact) mass is 378 g/mol. The Hall–Kier alpha value is -3.94. The van der Waals surface area contributed by atoms with Gasteiger partial charge in [-0.2, -0.15) is 0 Å². The number of aromatic nitrogens is 2. The Morgan fingerprint density at radius 2 is 1.54 bits per heavy atom. The first-order valence-electron chi connectivity index (χ1n) is 8.36. The lowest BCUT2D eigenvalue weighted by molar-refractivity contribution is 0.0600. The van der Waals surface area contributed by atoms with Gasteiger partial charge in [-0.05, 0) is 49.4 Å². The van der Waals surface area contributed by atoms with Gasteiger partial charge < -0.3 is 20.5 Å². The van der Waals surface area contributed by atoms with Gasteiger partial charge in [-0.1, -0.05) is 6.07 Å². The van der Waals surface area contributed by atoms with Crippen LogP contribution in [0.3, 0.4) is 0 Å². The van der Waals surface area contributed by atoms with E-state index in [9.17, 15) is 9.59 Å². The first-order valence-corrected chi connectivity index (χ1v) is 8.36. The molecule has 1 heterocycles. The van der Waals surface area contributed by atoms with Crippen LogP contribution in [0.4, 0.5) is 23.0 Å². The SMILES string of the molecule is COC(=O)c1ccc(Nc2cc(Nc3cccc(C(=O)O)c3)nc(C)n2)cc1. The summed E-state index contributed by atoms with van der Waals surface area (Å²) in [5.41, 5.74) is 1.98. The fourth-order valence-electron chi connectivity index (χ4n) is 2.53. The van der Waals surface area contributed by atoms with Crippen LogP contribution >= 0.6 is 0 Å². The third-order valence-corrected chi connectivity index (χ3v) is 3.80. The van der Waals surface area contributed by atoms with E-state index in [1.807, 2.05) is 0 Å². The second kappa shape index (κ2) is 8.17. The molecule has 0 spiro atoms. The third-order valence-electron chi connectivity index (χ3n) is 3.80.